The minimum absolute atomic E-state index is 0.0725. The Kier molecular flexibility index (Phi) is 5.55. The number of rotatable bonds is 6. The van der Waals surface area contributed by atoms with Gasteiger partial charge in [0, 0.05) is 25.0 Å². The molecule has 0 radical (unpaired) electrons. The second-order valence-electron chi connectivity index (χ2n) is 7.52. The molecule has 3 heterocycles. The number of aryl methyl sites for hydroxylation is 2. The van der Waals surface area contributed by atoms with E-state index in [1.165, 1.54) is 16.2 Å². The minimum Gasteiger partial charge on any atom is -0.318 e. The first-order valence-corrected chi connectivity index (χ1v) is 11.6. The molecule has 0 fully saturated rings. The van der Waals surface area contributed by atoms with Crippen LogP contribution in [-0.4, -0.2) is 33.5 Å². The number of halogens is 1. The van der Waals surface area contributed by atoms with E-state index in [2.05, 4.69) is 14.8 Å². The number of fused-ring (bicyclic) bond motifs is 1. The van der Waals surface area contributed by atoms with Gasteiger partial charge in [0.25, 0.3) is 5.56 Å². The Morgan fingerprint density at radius 1 is 1.16 bits per heavy atom. The van der Waals surface area contributed by atoms with Gasteiger partial charge in [-0.3, -0.25) is 19.2 Å². The van der Waals surface area contributed by atoms with E-state index in [0.717, 1.165) is 0 Å². The summed E-state index contributed by atoms with van der Waals surface area (Å²) in [5.74, 6) is -0.950. The lowest BCUT2D eigenvalue weighted by Crippen LogP contribution is -2.18. The molecule has 166 valence electrons. The second kappa shape index (κ2) is 8.19. The van der Waals surface area contributed by atoms with E-state index in [4.69, 9.17) is 0 Å². The van der Waals surface area contributed by atoms with Crippen molar-refractivity contribution in [3.05, 3.63) is 76.4 Å². The third-order valence-corrected chi connectivity index (χ3v) is 6.48. The van der Waals surface area contributed by atoms with Gasteiger partial charge >= 0.3 is 0 Å². The lowest BCUT2D eigenvalue weighted by molar-refractivity contribution is 0.547. The lowest BCUT2D eigenvalue weighted by Gasteiger charge is -2.12. The summed E-state index contributed by atoms with van der Waals surface area (Å²) < 4.78 is 44.9. The Bertz CT molecular complexity index is 1450. The first-order chi connectivity index (χ1) is 15.2. The molecular formula is C22H22FN5O3S. The molecule has 0 aliphatic rings. The number of sulfonamides is 1. The highest BCUT2D eigenvalue weighted by atomic mass is 32.2. The predicted octanol–water partition coefficient (Wildman–Crippen LogP) is 3.05. The van der Waals surface area contributed by atoms with Crippen molar-refractivity contribution in [1.29, 1.82) is 0 Å². The van der Waals surface area contributed by atoms with Crippen LogP contribution in [0.3, 0.4) is 0 Å². The maximum Gasteiger partial charge on any atom is 0.253 e. The van der Waals surface area contributed by atoms with Crippen LogP contribution in [0.4, 0.5) is 10.1 Å². The van der Waals surface area contributed by atoms with Gasteiger partial charge in [0.05, 0.1) is 34.6 Å². The average Bonchev–Trinajstić information content (AvgIpc) is 3.07. The number of nitrogens with one attached hydrogen (secondary N) is 1. The second-order valence-corrected chi connectivity index (χ2v) is 9.53. The SMILES string of the molecule is CCS(=O)(=O)Nc1cc(-c2cc(C)c(=O)n(C)c2)cc2c1c(F)nn2Cc1ccccn1. The summed E-state index contributed by atoms with van der Waals surface area (Å²) in [4.78, 5) is 16.4. The molecule has 32 heavy (non-hydrogen) atoms. The maximum absolute atomic E-state index is 14.9. The Morgan fingerprint density at radius 3 is 2.59 bits per heavy atom. The van der Waals surface area contributed by atoms with Gasteiger partial charge in [-0.1, -0.05) is 6.07 Å². The van der Waals surface area contributed by atoms with Crippen molar-refractivity contribution < 1.29 is 12.8 Å². The molecule has 0 saturated carbocycles. The highest BCUT2D eigenvalue weighted by molar-refractivity contribution is 7.92. The molecule has 0 spiro atoms. The molecule has 1 aromatic carbocycles. The monoisotopic (exact) mass is 455 g/mol. The molecule has 0 saturated heterocycles. The lowest BCUT2D eigenvalue weighted by atomic mass is 10.0. The normalized spacial score (nSPS) is 11.8. The van der Waals surface area contributed by atoms with Gasteiger partial charge in [0.2, 0.25) is 16.0 Å². The van der Waals surface area contributed by atoms with Crippen molar-refractivity contribution in [1.82, 2.24) is 19.3 Å². The first-order valence-electron chi connectivity index (χ1n) is 9.96. The van der Waals surface area contributed by atoms with Crippen molar-refractivity contribution in [2.45, 2.75) is 20.4 Å². The molecule has 3 aromatic heterocycles. The fraction of sp³-hybridized carbons (Fsp3) is 0.227. The third-order valence-electron chi connectivity index (χ3n) is 5.19. The van der Waals surface area contributed by atoms with Crippen molar-refractivity contribution in [3.8, 4) is 11.1 Å². The molecule has 0 unspecified atom stereocenters. The zero-order chi connectivity index (χ0) is 23.0. The Balaban J connectivity index is 1.97. The Morgan fingerprint density at radius 2 is 1.94 bits per heavy atom. The van der Waals surface area contributed by atoms with E-state index >= 15 is 0 Å². The number of anilines is 1. The van der Waals surface area contributed by atoms with Gasteiger partial charge in [-0.2, -0.15) is 4.39 Å². The van der Waals surface area contributed by atoms with Crippen molar-refractivity contribution >= 4 is 26.6 Å². The van der Waals surface area contributed by atoms with Crippen LogP contribution < -0.4 is 10.3 Å². The molecule has 0 bridgehead atoms. The summed E-state index contributed by atoms with van der Waals surface area (Å²) in [5.41, 5.74) is 2.89. The molecule has 1 N–H and O–H groups in total. The van der Waals surface area contributed by atoms with E-state index in [1.807, 2.05) is 6.07 Å². The molecule has 4 rings (SSSR count). The molecule has 0 aliphatic carbocycles. The highest BCUT2D eigenvalue weighted by Crippen LogP contribution is 2.33. The Labute approximate surface area is 184 Å². The van der Waals surface area contributed by atoms with Crippen LogP contribution in [-0.2, 0) is 23.6 Å². The Hall–Kier alpha value is -3.53. The van der Waals surface area contributed by atoms with E-state index in [9.17, 15) is 17.6 Å². The zero-order valence-electron chi connectivity index (χ0n) is 17.8. The number of hydrogen-bond acceptors (Lipinski definition) is 5. The van der Waals surface area contributed by atoms with E-state index in [1.54, 1.807) is 56.7 Å². The molecular weight excluding hydrogens is 433 g/mol. The van der Waals surface area contributed by atoms with Gasteiger partial charge in [-0.15, -0.1) is 5.10 Å². The number of pyridine rings is 2. The van der Waals surface area contributed by atoms with Gasteiger partial charge < -0.3 is 4.57 Å². The smallest absolute Gasteiger partial charge is 0.253 e. The third kappa shape index (κ3) is 4.13. The van der Waals surface area contributed by atoms with Crippen LogP contribution in [0.25, 0.3) is 22.0 Å². The number of hydrogen-bond donors (Lipinski definition) is 1. The fourth-order valence-electron chi connectivity index (χ4n) is 3.55. The largest absolute Gasteiger partial charge is 0.318 e. The van der Waals surface area contributed by atoms with E-state index in [0.29, 0.717) is 27.9 Å². The standard InChI is InChI=1S/C22H22FN5O3S/c1-4-32(30,31)26-18-10-15(16-9-14(2)22(29)27(3)12-16)11-19-20(18)21(23)25-28(19)13-17-7-5-6-8-24-17/h5-12,26H,4,13H2,1-3H3. The van der Waals surface area contributed by atoms with Gasteiger partial charge in [-0.05, 0) is 55.3 Å². The van der Waals surface area contributed by atoms with Crippen LogP contribution in [0.5, 0.6) is 0 Å². The van der Waals surface area contributed by atoms with Crippen LogP contribution in [0.1, 0.15) is 18.2 Å². The molecule has 10 heteroatoms. The fourth-order valence-corrected chi connectivity index (χ4v) is 4.19. The number of aromatic nitrogens is 4. The van der Waals surface area contributed by atoms with Crippen LogP contribution in [0.15, 0.2) is 53.6 Å². The van der Waals surface area contributed by atoms with Crippen molar-refractivity contribution in [2.24, 2.45) is 7.05 Å². The van der Waals surface area contributed by atoms with Crippen molar-refractivity contribution in [3.63, 3.8) is 0 Å². The topological polar surface area (TPSA) is 98.9 Å². The molecule has 8 nitrogen and oxygen atoms in total. The van der Waals surface area contributed by atoms with E-state index < -0.39 is 16.0 Å². The van der Waals surface area contributed by atoms with Gasteiger partial charge in [-0.25, -0.2) is 8.42 Å². The molecule has 0 amide bonds. The first kappa shape index (κ1) is 21.7. The maximum atomic E-state index is 14.9. The van der Waals surface area contributed by atoms with Crippen LogP contribution in [0, 0.1) is 12.9 Å². The summed E-state index contributed by atoms with van der Waals surface area (Å²) in [6, 6.07) is 10.4. The quantitative estimate of drug-likeness (QED) is 0.482. The van der Waals surface area contributed by atoms with Gasteiger partial charge in [0.15, 0.2) is 0 Å². The zero-order valence-corrected chi connectivity index (χ0v) is 18.6. The molecule has 0 atom stereocenters. The number of nitrogens with zero attached hydrogens (tertiary/aromatic N) is 4. The van der Waals surface area contributed by atoms with Crippen LogP contribution >= 0.6 is 0 Å². The summed E-state index contributed by atoms with van der Waals surface area (Å²) in [6.45, 7) is 3.41. The minimum atomic E-state index is -3.67. The summed E-state index contributed by atoms with van der Waals surface area (Å²) >= 11 is 0. The average molecular weight is 456 g/mol. The predicted molar refractivity (Wildman–Crippen MR) is 122 cm³/mol. The molecule has 4 aromatic rings. The van der Waals surface area contributed by atoms with Crippen molar-refractivity contribution in [2.75, 3.05) is 10.5 Å². The number of benzene rings is 1. The summed E-state index contributed by atoms with van der Waals surface area (Å²) in [5, 5.41) is 4.08. The van der Waals surface area contributed by atoms with Crippen LogP contribution in [0.2, 0.25) is 0 Å². The van der Waals surface area contributed by atoms with Gasteiger partial charge in [0.1, 0.15) is 0 Å². The highest BCUT2D eigenvalue weighted by Gasteiger charge is 2.20. The summed E-state index contributed by atoms with van der Waals surface area (Å²) in [6.07, 6.45) is 3.29. The van der Waals surface area contributed by atoms with E-state index in [-0.39, 0.29) is 28.9 Å². The summed E-state index contributed by atoms with van der Waals surface area (Å²) in [7, 11) is -2.03. The molecule has 0 aliphatic heterocycles.